The number of fused-ring (bicyclic) bond motifs is 1. The van der Waals surface area contributed by atoms with Crippen molar-refractivity contribution in [2.24, 2.45) is 5.41 Å². The van der Waals surface area contributed by atoms with Crippen LogP contribution >= 0.6 is 0 Å². The molecule has 3 N–H and O–H groups in total. The first kappa shape index (κ1) is 24.7. The van der Waals surface area contributed by atoms with Crippen LogP contribution in [-0.4, -0.2) is 68.7 Å². The van der Waals surface area contributed by atoms with E-state index in [-0.39, 0.29) is 23.0 Å². The van der Waals surface area contributed by atoms with Crippen LogP contribution in [0.2, 0.25) is 0 Å². The number of nitrogens with one attached hydrogen (secondary N) is 2. The Hall–Kier alpha value is -2.96. The van der Waals surface area contributed by atoms with E-state index < -0.39 is 12.1 Å². The summed E-state index contributed by atoms with van der Waals surface area (Å²) in [5.74, 6) is -2.07. The predicted octanol–water partition coefficient (Wildman–Crippen LogP) is 2.31. The molecule has 0 amide bonds. The van der Waals surface area contributed by atoms with E-state index in [1.165, 1.54) is 0 Å². The molecule has 182 valence electrons. The summed E-state index contributed by atoms with van der Waals surface area (Å²) in [6.45, 7) is 8.58. The number of aliphatic carboxylic acids is 1. The van der Waals surface area contributed by atoms with Crippen LogP contribution in [0.4, 0.5) is 19.0 Å². The number of ether oxygens (including phenoxy) is 1. The van der Waals surface area contributed by atoms with Crippen LogP contribution in [-0.2, 0) is 19.9 Å². The molecule has 2 aromatic rings. The van der Waals surface area contributed by atoms with E-state index in [9.17, 15) is 18.0 Å². The molecular formula is C20H27F3N6O4. The standard InChI is InChI=1S/C18H26N6O2.C2HF3O2/c1-17(2,3)24-15-13(10-23-24)14(21-11-22-15)20-9-12-8-18(16(25)26-12)4-6-19-7-5-18;3-2(4,5)1(6)7/h10-12,19H,4-9H2,1-3H3,(H,20,21,22);(H,6,7). The summed E-state index contributed by atoms with van der Waals surface area (Å²) in [7, 11) is 0. The first-order valence-electron chi connectivity index (χ1n) is 10.5. The molecule has 2 aliphatic rings. The summed E-state index contributed by atoms with van der Waals surface area (Å²) in [4.78, 5) is 30.0. The second-order valence-corrected chi connectivity index (χ2v) is 9.13. The van der Waals surface area contributed by atoms with Gasteiger partial charge in [0, 0.05) is 6.42 Å². The van der Waals surface area contributed by atoms with Crippen LogP contribution < -0.4 is 10.6 Å². The number of carboxylic acids is 1. The van der Waals surface area contributed by atoms with E-state index in [2.05, 4.69) is 46.5 Å². The third-order valence-electron chi connectivity index (χ3n) is 5.63. The predicted molar refractivity (Wildman–Crippen MR) is 112 cm³/mol. The van der Waals surface area contributed by atoms with Gasteiger partial charge in [0.05, 0.1) is 29.1 Å². The van der Waals surface area contributed by atoms with Crippen LogP contribution in [0.15, 0.2) is 12.5 Å². The number of piperidine rings is 1. The highest BCUT2D eigenvalue weighted by molar-refractivity contribution is 5.86. The highest BCUT2D eigenvalue weighted by atomic mass is 19.4. The number of anilines is 1. The summed E-state index contributed by atoms with van der Waals surface area (Å²) in [5.41, 5.74) is 0.346. The van der Waals surface area contributed by atoms with Crippen molar-refractivity contribution in [3.63, 3.8) is 0 Å². The van der Waals surface area contributed by atoms with Gasteiger partial charge in [0.2, 0.25) is 0 Å². The van der Waals surface area contributed by atoms with Gasteiger partial charge in [-0.3, -0.25) is 4.79 Å². The number of hydrogen-bond acceptors (Lipinski definition) is 8. The van der Waals surface area contributed by atoms with Crippen LogP contribution in [0, 0.1) is 5.41 Å². The molecule has 0 saturated carbocycles. The van der Waals surface area contributed by atoms with E-state index >= 15 is 0 Å². The van der Waals surface area contributed by atoms with Crippen LogP contribution in [0.3, 0.4) is 0 Å². The fourth-order valence-corrected chi connectivity index (χ4v) is 3.95. The Morgan fingerprint density at radius 3 is 2.52 bits per heavy atom. The molecule has 1 unspecified atom stereocenters. The highest BCUT2D eigenvalue weighted by Gasteiger charge is 2.49. The zero-order valence-corrected chi connectivity index (χ0v) is 18.6. The minimum atomic E-state index is -5.08. The van der Waals surface area contributed by atoms with Gasteiger partial charge in [-0.1, -0.05) is 0 Å². The maximum Gasteiger partial charge on any atom is 0.490 e. The Morgan fingerprint density at radius 2 is 1.94 bits per heavy atom. The number of halogens is 3. The largest absolute Gasteiger partial charge is 0.490 e. The molecule has 2 aliphatic heterocycles. The SMILES string of the molecule is CC(C)(C)n1ncc2c(NCC3CC4(CCNCC4)C(=O)O3)ncnc21.O=C(O)C(F)(F)F. The number of carbonyl (C=O) groups excluding carboxylic acids is 1. The molecule has 2 saturated heterocycles. The lowest BCUT2D eigenvalue weighted by atomic mass is 9.76. The molecule has 0 aliphatic carbocycles. The lowest BCUT2D eigenvalue weighted by molar-refractivity contribution is -0.192. The van der Waals surface area contributed by atoms with Crippen LogP contribution in [0.25, 0.3) is 11.0 Å². The monoisotopic (exact) mass is 472 g/mol. The normalized spacial score (nSPS) is 20.3. The van der Waals surface area contributed by atoms with Gasteiger partial charge in [0.15, 0.2) is 5.65 Å². The lowest BCUT2D eigenvalue weighted by Crippen LogP contribution is -2.39. The molecule has 4 rings (SSSR count). The molecule has 0 aromatic carbocycles. The average Bonchev–Trinajstić information content (AvgIpc) is 3.29. The summed E-state index contributed by atoms with van der Waals surface area (Å²) in [6.07, 6.45) is 0.622. The van der Waals surface area contributed by atoms with E-state index in [0.29, 0.717) is 6.54 Å². The van der Waals surface area contributed by atoms with Gasteiger partial charge in [-0.25, -0.2) is 19.4 Å². The molecule has 13 heteroatoms. The molecule has 2 aromatic heterocycles. The molecule has 1 spiro atoms. The molecule has 1 atom stereocenters. The van der Waals surface area contributed by atoms with Crippen LogP contribution in [0.1, 0.15) is 40.0 Å². The highest BCUT2D eigenvalue weighted by Crippen LogP contribution is 2.41. The van der Waals surface area contributed by atoms with E-state index in [4.69, 9.17) is 14.6 Å². The van der Waals surface area contributed by atoms with Gasteiger partial charge < -0.3 is 20.5 Å². The fraction of sp³-hybridized carbons (Fsp3) is 0.650. The topological polar surface area (TPSA) is 131 Å². The zero-order valence-electron chi connectivity index (χ0n) is 18.6. The number of cyclic esters (lactones) is 1. The van der Waals surface area contributed by atoms with Gasteiger partial charge in [0.1, 0.15) is 18.2 Å². The van der Waals surface area contributed by atoms with E-state index in [0.717, 1.165) is 49.2 Å². The minimum absolute atomic E-state index is 0.0424. The zero-order chi connectivity index (χ0) is 24.4. The molecular weight excluding hydrogens is 445 g/mol. The van der Waals surface area contributed by atoms with Crippen molar-refractivity contribution in [1.29, 1.82) is 0 Å². The van der Waals surface area contributed by atoms with Gasteiger partial charge in [-0.05, 0) is 46.7 Å². The van der Waals surface area contributed by atoms with Gasteiger partial charge in [0.25, 0.3) is 0 Å². The van der Waals surface area contributed by atoms with Gasteiger partial charge in [-0.15, -0.1) is 0 Å². The Morgan fingerprint density at radius 1 is 1.30 bits per heavy atom. The number of hydrogen-bond donors (Lipinski definition) is 3. The van der Waals surface area contributed by atoms with Gasteiger partial charge in [-0.2, -0.15) is 18.3 Å². The lowest BCUT2D eigenvalue weighted by Gasteiger charge is -2.29. The molecule has 0 radical (unpaired) electrons. The Bertz CT molecular complexity index is 1010. The molecule has 33 heavy (non-hydrogen) atoms. The Kier molecular flexibility index (Phi) is 6.82. The second kappa shape index (κ2) is 9.12. The Balaban J connectivity index is 0.000000383. The number of carboxylic acid groups (broad SMARTS) is 1. The third kappa shape index (κ3) is 5.52. The molecule has 10 nitrogen and oxygen atoms in total. The first-order valence-corrected chi connectivity index (χ1v) is 10.5. The van der Waals surface area contributed by atoms with Crippen molar-refractivity contribution < 1.29 is 32.6 Å². The number of carbonyl (C=O) groups is 2. The third-order valence-corrected chi connectivity index (χ3v) is 5.63. The summed E-state index contributed by atoms with van der Waals surface area (Å²) < 4.78 is 39.3. The second-order valence-electron chi connectivity index (χ2n) is 9.13. The summed E-state index contributed by atoms with van der Waals surface area (Å²) in [5, 5.41) is 19.1. The van der Waals surface area contributed by atoms with Crippen molar-refractivity contribution in [1.82, 2.24) is 25.1 Å². The van der Waals surface area contributed by atoms with Crippen molar-refractivity contribution >= 4 is 28.8 Å². The molecule has 0 bridgehead atoms. The van der Waals surface area contributed by atoms with Crippen LogP contribution in [0.5, 0.6) is 0 Å². The number of nitrogens with zero attached hydrogens (tertiary/aromatic N) is 4. The van der Waals surface area contributed by atoms with E-state index in [1.807, 2.05) is 4.68 Å². The fourth-order valence-electron chi connectivity index (χ4n) is 3.95. The number of rotatable bonds is 3. The van der Waals surface area contributed by atoms with Crippen molar-refractivity contribution in [3.8, 4) is 0 Å². The van der Waals surface area contributed by atoms with Crippen molar-refractivity contribution in [2.75, 3.05) is 25.0 Å². The number of esters is 1. The molecule has 4 heterocycles. The first-order chi connectivity index (χ1) is 15.3. The average molecular weight is 472 g/mol. The van der Waals surface area contributed by atoms with E-state index in [1.54, 1.807) is 12.5 Å². The Labute approximate surface area is 187 Å². The smallest absolute Gasteiger partial charge is 0.475 e. The van der Waals surface area contributed by atoms with Crippen molar-refractivity contribution in [3.05, 3.63) is 12.5 Å². The minimum Gasteiger partial charge on any atom is -0.475 e. The summed E-state index contributed by atoms with van der Waals surface area (Å²) in [6, 6.07) is 0. The molecule has 2 fully saturated rings. The summed E-state index contributed by atoms with van der Waals surface area (Å²) >= 11 is 0. The van der Waals surface area contributed by atoms with Gasteiger partial charge >= 0.3 is 18.1 Å². The number of aromatic nitrogens is 4. The number of alkyl halides is 3. The maximum absolute atomic E-state index is 12.4. The maximum atomic E-state index is 12.4. The quantitative estimate of drug-likeness (QED) is 0.576. The van der Waals surface area contributed by atoms with Crippen molar-refractivity contribution in [2.45, 2.75) is 57.9 Å².